The van der Waals surface area contributed by atoms with E-state index in [-0.39, 0.29) is 17.0 Å². The van der Waals surface area contributed by atoms with E-state index >= 15 is 0 Å². The number of halogens is 6. The number of esters is 1. The number of alkyl halides is 6. The van der Waals surface area contributed by atoms with Crippen molar-refractivity contribution in [2.45, 2.75) is 68.2 Å². The third-order valence-corrected chi connectivity index (χ3v) is 10.3. The number of hydrogen-bond donors (Lipinski definition) is 4. The third-order valence-electron chi connectivity index (χ3n) is 8.78. The lowest BCUT2D eigenvalue weighted by atomic mass is 9.92. The van der Waals surface area contributed by atoms with Crippen molar-refractivity contribution in [1.82, 2.24) is 19.7 Å². The Labute approximate surface area is 316 Å². The second kappa shape index (κ2) is 18.0. The van der Waals surface area contributed by atoms with Gasteiger partial charge in [0.25, 0.3) is 0 Å². The number of benzene rings is 1. The monoisotopic (exact) mass is 817 g/mol. The van der Waals surface area contributed by atoms with Gasteiger partial charge >= 0.3 is 35.9 Å². The Kier molecular flexibility index (Phi) is 14.0. The summed E-state index contributed by atoms with van der Waals surface area (Å²) < 4.78 is 100. The Balaban J connectivity index is 0.000000501. The molecule has 0 amide bonds. The molecule has 1 fully saturated rings. The van der Waals surface area contributed by atoms with Gasteiger partial charge in [-0.2, -0.15) is 31.1 Å². The highest BCUT2D eigenvalue weighted by Gasteiger charge is 2.54. The summed E-state index contributed by atoms with van der Waals surface area (Å²) in [4.78, 5) is 59.1. The van der Waals surface area contributed by atoms with Crippen molar-refractivity contribution in [3.63, 3.8) is 0 Å². The lowest BCUT2D eigenvalue weighted by Crippen LogP contribution is -2.45. The maximum atomic E-state index is 13.1. The van der Waals surface area contributed by atoms with Gasteiger partial charge in [-0.3, -0.25) is 14.4 Å². The Morgan fingerprint density at radius 1 is 1.00 bits per heavy atom. The number of carboxylic acid groups (broad SMARTS) is 1. The molecular weight excluding hydrogens is 780 g/mol. The third kappa shape index (κ3) is 10.7. The molecule has 2 aromatic heterocycles. The number of carbonyl (C=O) groups excluding carboxylic acids is 3. The van der Waals surface area contributed by atoms with Crippen molar-refractivity contribution in [1.29, 1.82) is 0 Å². The van der Waals surface area contributed by atoms with E-state index < -0.39 is 51.9 Å². The number of rotatable bonds is 12. The normalized spacial score (nSPS) is 15.3. The summed E-state index contributed by atoms with van der Waals surface area (Å²) in [6, 6.07) is 8.23. The van der Waals surface area contributed by atoms with E-state index in [2.05, 4.69) is 47.1 Å². The van der Waals surface area contributed by atoms with E-state index in [4.69, 9.17) is 4.98 Å². The summed E-state index contributed by atoms with van der Waals surface area (Å²) in [6.07, 6.45) is -5.53. The quantitative estimate of drug-likeness (QED) is 0.116. The van der Waals surface area contributed by atoms with Crippen LogP contribution >= 0.6 is 0 Å². The second-order valence-electron chi connectivity index (χ2n) is 12.4. The first kappa shape index (κ1) is 43.3. The van der Waals surface area contributed by atoms with Crippen molar-refractivity contribution in [3.05, 3.63) is 65.1 Å². The lowest BCUT2D eigenvalue weighted by molar-refractivity contribution is -0.193. The van der Waals surface area contributed by atoms with Crippen LogP contribution in [0.1, 0.15) is 59.3 Å². The fourth-order valence-corrected chi connectivity index (χ4v) is 7.36. The number of ether oxygens (including phenoxy) is 1. The van der Waals surface area contributed by atoms with Gasteiger partial charge in [0.15, 0.2) is 0 Å². The molecule has 2 aliphatic rings. The van der Waals surface area contributed by atoms with Crippen LogP contribution in [0.5, 0.6) is 0 Å². The molecule has 5 rings (SSSR count). The van der Waals surface area contributed by atoms with Crippen LogP contribution in [-0.4, -0.2) is 104 Å². The number of aryl methyl sites for hydroxylation is 1. The standard InChI is InChI=1S/C30H37N7O6S.C4F6O2/c1-3-21-27(32-17-24(29(38)39)36-44(41,42)25-9-5-4-8-22(25)30(40)43-2)33-18-34-28(21)37-15-12-19(13-16-37)23-11-10-20-7-6-14-31-26(20)35-23;5-3(6,7)1(11)2(12)4(8,9)10/h4-5,8-11,18-19,24,36H,3,6-7,12-17H2,1-2H3,(H,31,35)(H,38,39)(H,32,33,34);/t24-;/m0./s1. The predicted molar refractivity (Wildman–Crippen MR) is 187 cm³/mol. The van der Waals surface area contributed by atoms with Gasteiger partial charge in [0.05, 0.1) is 17.6 Å². The summed E-state index contributed by atoms with van der Waals surface area (Å²) in [5.41, 5.74) is 2.99. The fourth-order valence-electron chi connectivity index (χ4n) is 5.98. The summed E-state index contributed by atoms with van der Waals surface area (Å²) in [7, 11) is -3.26. The van der Waals surface area contributed by atoms with Crippen LogP contribution in [0, 0.1) is 0 Å². The number of Topliss-reactive ketones (excluding diaryl/α,β-unsaturated/α-hetero) is 2. The molecule has 0 bridgehead atoms. The van der Waals surface area contributed by atoms with E-state index in [1.54, 1.807) is 0 Å². The highest BCUT2D eigenvalue weighted by atomic mass is 32.2. The van der Waals surface area contributed by atoms with Crippen molar-refractivity contribution in [2.75, 3.05) is 48.8 Å². The second-order valence-corrected chi connectivity index (χ2v) is 14.1. The molecule has 15 nitrogen and oxygen atoms in total. The lowest BCUT2D eigenvalue weighted by Gasteiger charge is -2.34. The molecule has 1 saturated heterocycles. The van der Waals surface area contributed by atoms with E-state index in [1.165, 1.54) is 36.2 Å². The molecule has 304 valence electrons. The van der Waals surface area contributed by atoms with Crippen molar-refractivity contribution in [3.8, 4) is 0 Å². The number of piperidine rings is 1. The molecular formula is C34H37F6N7O8S. The molecule has 0 saturated carbocycles. The molecule has 56 heavy (non-hydrogen) atoms. The molecule has 22 heteroatoms. The first-order valence-corrected chi connectivity index (χ1v) is 18.5. The highest BCUT2D eigenvalue weighted by Crippen LogP contribution is 2.33. The summed E-state index contributed by atoms with van der Waals surface area (Å²) in [5, 5.41) is 16.3. The largest absolute Gasteiger partial charge is 0.480 e. The van der Waals surface area contributed by atoms with Gasteiger partial charge in [-0.15, -0.1) is 0 Å². The maximum Gasteiger partial charge on any atom is 0.458 e. The molecule has 4 heterocycles. The molecule has 0 unspecified atom stereocenters. The van der Waals surface area contributed by atoms with Crippen LogP contribution in [0.3, 0.4) is 0 Å². The van der Waals surface area contributed by atoms with Gasteiger partial charge < -0.3 is 25.4 Å². The van der Waals surface area contributed by atoms with Gasteiger partial charge in [0.1, 0.15) is 29.8 Å². The minimum absolute atomic E-state index is 0.198. The highest BCUT2D eigenvalue weighted by molar-refractivity contribution is 7.89. The zero-order valence-corrected chi connectivity index (χ0v) is 30.6. The summed E-state index contributed by atoms with van der Waals surface area (Å²) in [5.74, 6) is -6.51. The topological polar surface area (TPSA) is 210 Å². The van der Waals surface area contributed by atoms with Gasteiger partial charge in [-0.25, -0.2) is 28.2 Å². The molecule has 1 aromatic carbocycles. The number of nitrogens with zero attached hydrogens (tertiary/aromatic N) is 4. The fraction of sp³-hybridized carbons (Fsp3) is 0.441. The van der Waals surface area contributed by atoms with Crippen LogP contribution < -0.4 is 20.3 Å². The van der Waals surface area contributed by atoms with Crippen LogP contribution in [0.4, 0.5) is 43.8 Å². The van der Waals surface area contributed by atoms with E-state index in [0.717, 1.165) is 75.3 Å². The van der Waals surface area contributed by atoms with Gasteiger partial charge in [0, 0.05) is 43.4 Å². The Hall–Kier alpha value is -5.38. The zero-order chi connectivity index (χ0) is 41.4. The number of carboxylic acids is 1. The van der Waals surface area contributed by atoms with Crippen LogP contribution in [0.25, 0.3) is 0 Å². The first-order valence-electron chi connectivity index (χ1n) is 17.0. The smallest absolute Gasteiger partial charge is 0.458 e. The number of sulfonamides is 1. The number of aromatic nitrogens is 3. The average Bonchev–Trinajstić information content (AvgIpc) is 3.17. The van der Waals surface area contributed by atoms with Crippen LogP contribution in [-0.2, 0) is 42.0 Å². The van der Waals surface area contributed by atoms with E-state index in [9.17, 15) is 59.0 Å². The molecule has 0 spiro atoms. The molecule has 1 atom stereocenters. The minimum Gasteiger partial charge on any atom is -0.480 e. The van der Waals surface area contributed by atoms with Crippen molar-refractivity contribution in [2.24, 2.45) is 0 Å². The predicted octanol–water partition coefficient (Wildman–Crippen LogP) is 4.06. The minimum atomic E-state index is -5.77. The molecule has 3 aromatic rings. The molecule has 0 aliphatic carbocycles. The van der Waals surface area contributed by atoms with Crippen LogP contribution in [0.15, 0.2) is 47.6 Å². The maximum absolute atomic E-state index is 13.1. The van der Waals surface area contributed by atoms with Crippen molar-refractivity contribution >= 4 is 51.0 Å². The number of fused-ring (bicyclic) bond motifs is 1. The number of methoxy groups -OCH3 is 1. The molecule has 4 N–H and O–H groups in total. The Morgan fingerprint density at radius 2 is 1.64 bits per heavy atom. The van der Waals surface area contributed by atoms with E-state index in [1.807, 2.05) is 6.92 Å². The Morgan fingerprint density at radius 3 is 2.23 bits per heavy atom. The number of carbonyl (C=O) groups is 4. The number of anilines is 3. The number of ketones is 2. The zero-order valence-electron chi connectivity index (χ0n) is 29.8. The SMILES string of the molecule is CCc1c(NC[C@H](NS(=O)(=O)c2ccccc2C(=O)OC)C(=O)O)ncnc1N1CCC(c2ccc3c(n2)NCCC3)CC1.O=C(C(=O)C(F)(F)F)C(F)(F)F. The summed E-state index contributed by atoms with van der Waals surface area (Å²) >= 11 is 0. The van der Waals surface area contributed by atoms with Gasteiger partial charge in [-0.05, 0) is 55.9 Å². The average molecular weight is 818 g/mol. The molecule has 0 radical (unpaired) electrons. The number of nitrogens with one attached hydrogen (secondary N) is 3. The Bertz CT molecular complexity index is 2020. The van der Waals surface area contributed by atoms with Gasteiger partial charge in [-0.1, -0.05) is 25.1 Å². The van der Waals surface area contributed by atoms with Gasteiger partial charge in [0.2, 0.25) is 10.0 Å². The first-order chi connectivity index (χ1) is 26.3. The number of pyridine rings is 1. The van der Waals surface area contributed by atoms with Crippen molar-refractivity contribution < 1.29 is 63.8 Å². The van der Waals surface area contributed by atoms with Crippen LogP contribution in [0.2, 0.25) is 0 Å². The molecule has 2 aliphatic heterocycles. The van der Waals surface area contributed by atoms with E-state index in [0.29, 0.717) is 18.2 Å². The summed E-state index contributed by atoms with van der Waals surface area (Å²) in [6.45, 7) is 4.17. The number of hydrogen-bond acceptors (Lipinski definition) is 13. The number of aliphatic carboxylic acids is 1.